The highest BCUT2D eigenvalue weighted by Gasteiger charge is 2.14. The zero-order valence-electron chi connectivity index (χ0n) is 7.69. The van der Waals surface area contributed by atoms with E-state index < -0.39 is 0 Å². The summed E-state index contributed by atoms with van der Waals surface area (Å²) in [6, 6.07) is 0. The molecule has 1 aliphatic rings. The van der Waals surface area contributed by atoms with Gasteiger partial charge in [-0.05, 0) is 0 Å². The van der Waals surface area contributed by atoms with Gasteiger partial charge >= 0.3 is 0 Å². The van der Waals surface area contributed by atoms with Gasteiger partial charge in [-0.3, -0.25) is 9.80 Å². The molecule has 1 aliphatic heterocycles. The van der Waals surface area contributed by atoms with Crippen molar-refractivity contribution in [3.8, 4) is 0 Å². The number of hydrogen-bond acceptors (Lipinski definition) is 4. The maximum atomic E-state index is 10.1. The standard InChI is InChI=1S/C8H16N2O2S/c11-7-5-9-1-3-10(4-2-9)6-8-13-12/h8,11H,1-7H2. The van der Waals surface area contributed by atoms with Crippen LogP contribution in [0.15, 0.2) is 0 Å². The van der Waals surface area contributed by atoms with Gasteiger partial charge in [0.15, 0.2) is 0 Å². The van der Waals surface area contributed by atoms with Crippen LogP contribution in [-0.2, 0) is 11.3 Å². The molecule has 1 saturated heterocycles. The van der Waals surface area contributed by atoms with Gasteiger partial charge in [0.1, 0.15) is 0 Å². The average Bonchev–Trinajstić information content (AvgIpc) is 2.17. The molecule has 0 atom stereocenters. The Morgan fingerprint density at radius 1 is 1.23 bits per heavy atom. The number of nitrogens with zero attached hydrogens (tertiary/aromatic N) is 2. The molecule has 1 rings (SSSR count). The second-order valence-electron chi connectivity index (χ2n) is 3.13. The summed E-state index contributed by atoms with van der Waals surface area (Å²) >= 11 is 0.536. The Hall–Kier alpha value is -0.230. The van der Waals surface area contributed by atoms with Crippen LogP contribution in [0, 0.1) is 0 Å². The minimum Gasteiger partial charge on any atom is -0.395 e. The highest BCUT2D eigenvalue weighted by molar-refractivity contribution is 7.64. The van der Waals surface area contributed by atoms with Crippen LogP contribution in [0.4, 0.5) is 0 Å². The Morgan fingerprint density at radius 2 is 1.85 bits per heavy atom. The molecule has 0 aliphatic carbocycles. The lowest BCUT2D eigenvalue weighted by molar-refractivity contribution is 0.123. The van der Waals surface area contributed by atoms with Crippen molar-refractivity contribution in [2.75, 3.05) is 45.9 Å². The SMILES string of the molecule is O=S=CCN1CCN(CCO)CC1. The van der Waals surface area contributed by atoms with E-state index in [9.17, 15) is 4.21 Å². The minimum absolute atomic E-state index is 0.239. The van der Waals surface area contributed by atoms with Gasteiger partial charge in [-0.1, -0.05) is 0 Å². The molecule has 1 N–H and O–H groups in total. The van der Waals surface area contributed by atoms with Crippen molar-refractivity contribution in [2.24, 2.45) is 0 Å². The summed E-state index contributed by atoms with van der Waals surface area (Å²) in [7, 11) is 0. The van der Waals surface area contributed by atoms with Crippen molar-refractivity contribution in [1.82, 2.24) is 9.80 Å². The van der Waals surface area contributed by atoms with Crippen molar-refractivity contribution in [3.63, 3.8) is 0 Å². The predicted octanol–water partition coefficient (Wildman–Crippen LogP) is -1.39. The maximum Gasteiger partial charge on any atom is 0.0854 e. The lowest BCUT2D eigenvalue weighted by Gasteiger charge is -2.33. The van der Waals surface area contributed by atoms with Crippen molar-refractivity contribution >= 4 is 16.6 Å². The van der Waals surface area contributed by atoms with Crippen LogP contribution in [0.5, 0.6) is 0 Å². The Labute approximate surface area is 82.2 Å². The fourth-order valence-corrected chi connectivity index (χ4v) is 1.74. The molecule has 5 heteroatoms. The van der Waals surface area contributed by atoms with Gasteiger partial charge < -0.3 is 5.11 Å². The fourth-order valence-electron chi connectivity index (χ4n) is 1.47. The zero-order chi connectivity index (χ0) is 9.52. The summed E-state index contributed by atoms with van der Waals surface area (Å²) in [4.78, 5) is 4.49. The molecule has 0 aromatic carbocycles. The summed E-state index contributed by atoms with van der Waals surface area (Å²) < 4.78 is 10.1. The lowest BCUT2D eigenvalue weighted by Crippen LogP contribution is -2.47. The van der Waals surface area contributed by atoms with Crippen molar-refractivity contribution in [1.29, 1.82) is 0 Å². The molecule has 0 saturated carbocycles. The van der Waals surface area contributed by atoms with E-state index in [2.05, 4.69) is 9.80 Å². The first-order valence-corrected chi connectivity index (χ1v) is 5.33. The van der Waals surface area contributed by atoms with Crippen LogP contribution in [-0.4, -0.2) is 70.4 Å². The van der Waals surface area contributed by atoms with Gasteiger partial charge in [0.05, 0.1) is 17.9 Å². The second kappa shape index (κ2) is 6.26. The zero-order valence-corrected chi connectivity index (χ0v) is 8.50. The first-order valence-electron chi connectivity index (χ1n) is 4.52. The van der Waals surface area contributed by atoms with Gasteiger partial charge in [-0.2, -0.15) is 0 Å². The second-order valence-corrected chi connectivity index (χ2v) is 3.65. The van der Waals surface area contributed by atoms with Crippen LogP contribution in [0.1, 0.15) is 0 Å². The van der Waals surface area contributed by atoms with E-state index in [-0.39, 0.29) is 6.61 Å². The molecule has 4 nitrogen and oxygen atoms in total. The van der Waals surface area contributed by atoms with Gasteiger partial charge in [-0.15, -0.1) is 0 Å². The number of piperazine rings is 1. The molecule has 1 fully saturated rings. The van der Waals surface area contributed by atoms with E-state index in [1.807, 2.05) is 0 Å². The third-order valence-electron chi connectivity index (χ3n) is 2.28. The van der Waals surface area contributed by atoms with E-state index in [0.29, 0.717) is 11.3 Å². The molecule has 13 heavy (non-hydrogen) atoms. The Morgan fingerprint density at radius 3 is 2.38 bits per heavy atom. The largest absolute Gasteiger partial charge is 0.395 e. The molecule has 0 bridgehead atoms. The first-order chi connectivity index (χ1) is 6.36. The molecule has 0 aromatic rings. The lowest BCUT2D eigenvalue weighted by atomic mass is 10.3. The molecule has 0 amide bonds. The van der Waals surface area contributed by atoms with Crippen LogP contribution < -0.4 is 0 Å². The van der Waals surface area contributed by atoms with Gasteiger partial charge in [0.25, 0.3) is 0 Å². The summed E-state index contributed by atoms with van der Waals surface area (Å²) in [5.41, 5.74) is 0. The summed E-state index contributed by atoms with van der Waals surface area (Å²) in [6.07, 6.45) is 0. The van der Waals surface area contributed by atoms with Crippen LogP contribution in [0.25, 0.3) is 0 Å². The van der Waals surface area contributed by atoms with E-state index in [1.165, 1.54) is 0 Å². The van der Waals surface area contributed by atoms with Crippen molar-refractivity contribution in [2.45, 2.75) is 0 Å². The highest BCUT2D eigenvalue weighted by Crippen LogP contribution is 1.99. The average molecular weight is 204 g/mol. The van der Waals surface area contributed by atoms with E-state index >= 15 is 0 Å². The number of β-amino-alcohol motifs (C(OH)–C–C–N with tert-alkyl or cyclic N) is 1. The molecular formula is C8H16N2O2S. The van der Waals surface area contributed by atoms with E-state index in [1.54, 1.807) is 5.37 Å². The predicted molar refractivity (Wildman–Crippen MR) is 54.2 cm³/mol. The number of hydrogen-bond donors (Lipinski definition) is 1. The summed E-state index contributed by atoms with van der Waals surface area (Å²) in [5, 5.41) is 10.4. The third kappa shape index (κ3) is 3.99. The summed E-state index contributed by atoms with van der Waals surface area (Å²) in [5.74, 6) is 0. The minimum atomic E-state index is 0.239. The third-order valence-corrected chi connectivity index (χ3v) is 2.57. The van der Waals surface area contributed by atoms with Crippen LogP contribution in [0.2, 0.25) is 0 Å². The molecule has 0 unspecified atom stereocenters. The van der Waals surface area contributed by atoms with E-state index in [4.69, 9.17) is 5.11 Å². The molecule has 0 aromatic heterocycles. The maximum absolute atomic E-state index is 10.1. The van der Waals surface area contributed by atoms with Gasteiger partial charge in [0, 0.05) is 44.6 Å². The van der Waals surface area contributed by atoms with Crippen molar-refractivity contribution < 1.29 is 9.32 Å². The normalized spacial score (nSPS) is 20.1. The Bertz CT molecular complexity index is 187. The Balaban J connectivity index is 2.18. The number of rotatable bonds is 4. The topological polar surface area (TPSA) is 43.8 Å². The summed E-state index contributed by atoms with van der Waals surface area (Å²) in [6.45, 7) is 5.78. The van der Waals surface area contributed by atoms with Crippen molar-refractivity contribution in [3.05, 3.63) is 0 Å². The van der Waals surface area contributed by atoms with Crippen LogP contribution in [0.3, 0.4) is 0 Å². The first kappa shape index (κ1) is 10.8. The number of aliphatic hydroxyl groups is 1. The number of aliphatic hydroxyl groups excluding tert-OH is 1. The Kier molecular flexibility index (Phi) is 5.22. The molecule has 0 spiro atoms. The molecule has 0 radical (unpaired) electrons. The van der Waals surface area contributed by atoms with Gasteiger partial charge in [0.2, 0.25) is 0 Å². The van der Waals surface area contributed by atoms with Crippen LogP contribution >= 0.6 is 0 Å². The molecule has 76 valence electrons. The molecular weight excluding hydrogens is 188 g/mol. The van der Waals surface area contributed by atoms with Gasteiger partial charge in [-0.25, -0.2) is 4.21 Å². The smallest absolute Gasteiger partial charge is 0.0854 e. The van der Waals surface area contributed by atoms with E-state index in [0.717, 1.165) is 39.3 Å². The monoisotopic (exact) mass is 204 g/mol. The fraction of sp³-hybridized carbons (Fsp3) is 0.875. The quantitative estimate of drug-likeness (QED) is 0.573. The molecule has 1 heterocycles. The highest BCUT2D eigenvalue weighted by atomic mass is 32.1.